The fraction of sp³-hybridized carbons (Fsp3) is 0.125. The van der Waals surface area contributed by atoms with Crippen molar-refractivity contribution in [2.24, 2.45) is 0 Å². The molecule has 2 aromatic rings. The van der Waals surface area contributed by atoms with Crippen molar-refractivity contribution in [2.75, 3.05) is 5.73 Å². The molecule has 5 heteroatoms. The van der Waals surface area contributed by atoms with E-state index in [1.807, 2.05) is 0 Å². The second kappa shape index (κ2) is 3.22. The van der Waals surface area contributed by atoms with Gasteiger partial charge in [0.1, 0.15) is 12.1 Å². The maximum absolute atomic E-state index is 5.65. The van der Waals surface area contributed by atoms with Crippen molar-refractivity contribution in [1.82, 2.24) is 19.7 Å². The number of nitrogens with two attached hydrogens (primary N) is 1. The van der Waals surface area contributed by atoms with Crippen molar-refractivity contribution in [2.45, 2.75) is 6.54 Å². The largest absolute Gasteiger partial charge is 0.384 e. The first-order chi connectivity index (χ1) is 6.36. The summed E-state index contributed by atoms with van der Waals surface area (Å²) in [5.41, 5.74) is 6.63. The van der Waals surface area contributed by atoms with E-state index in [0.29, 0.717) is 12.4 Å². The topological polar surface area (TPSA) is 69.6 Å². The van der Waals surface area contributed by atoms with Gasteiger partial charge < -0.3 is 5.73 Å². The van der Waals surface area contributed by atoms with Crippen LogP contribution in [-0.2, 0) is 6.54 Å². The predicted octanol–water partition coefficient (Wildman–Crippen LogP) is 0.304. The van der Waals surface area contributed by atoms with Crippen molar-refractivity contribution >= 4 is 5.82 Å². The van der Waals surface area contributed by atoms with E-state index in [1.54, 1.807) is 29.3 Å². The molecule has 0 fully saturated rings. The molecule has 0 aliphatic rings. The molecule has 2 rings (SSSR count). The van der Waals surface area contributed by atoms with Crippen LogP contribution in [0.1, 0.15) is 5.56 Å². The zero-order valence-electron chi connectivity index (χ0n) is 6.96. The molecular weight excluding hydrogens is 166 g/mol. The van der Waals surface area contributed by atoms with Gasteiger partial charge in [0.15, 0.2) is 0 Å². The first kappa shape index (κ1) is 7.72. The highest BCUT2D eigenvalue weighted by Crippen LogP contribution is 2.03. The quantitative estimate of drug-likeness (QED) is 0.712. The molecule has 0 saturated carbocycles. The zero-order valence-corrected chi connectivity index (χ0v) is 6.96. The first-order valence-corrected chi connectivity index (χ1v) is 3.87. The number of hydrogen-bond acceptors (Lipinski definition) is 4. The van der Waals surface area contributed by atoms with Crippen molar-refractivity contribution in [3.8, 4) is 0 Å². The van der Waals surface area contributed by atoms with Crippen LogP contribution in [0.15, 0.2) is 31.0 Å². The fourth-order valence-electron chi connectivity index (χ4n) is 1.06. The van der Waals surface area contributed by atoms with E-state index in [9.17, 15) is 0 Å². The van der Waals surface area contributed by atoms with Gasteiger partial charge in [-0.3, -0.25) is 0 Å². The average molecular weight is 175 g/mol. The summed E-state index contributed by atoms with van der Waals surface area (Å²) in [5, 5.41) is 4.05. The molecule has 0 radical (unpaired) electrons. The van der Waals surface area contributed by atoms with Gasteiger partial charge >= 0.3 is 0 Å². The van der Waals surface area contributed by atoms with E-state index in [2.05, 4.69) is 15.1 Å². The summed E-state index contributed by atoms with van der Waals surface area (Å²) < 4.78 is 1.69. The molecule has 2 aromatic heterocycles. The zero-order chi connectivity index (χ0) is 9.10. The molecule has 2 N–H and O–H groups in total. The molecule has 13 heavy (non-hydrogen) atoms. The Kier molecular flexibility index (Phi) is 1.91. The van der Waals surface area contributed by atoms with Crippen LogP contribution < -0.4 is 5.73 Å². The Hall–Kier alpha value is -1.91. The fourth-order valence-corrected chi connectivity index (χ4v) is 1.06. The molecular formula is C8H9N5. The molecule has 0 amide bonds. The molecule has 0 atom stereocenters. The molecule has 0 aliphatic heterocycles. The van der Waals surface area contributed by atoms with Crippen molar-refractivity contribution in [1.29, 1.82) is 0 Å². The second-order valence-corrected chi connectivity index (χ2v) is 2.66. The summed E-state index contributed by atoms with van der Waals surface area (Å²) in [4.78, 5) is 7.80. The van der Waals surface area contributed by atoms with Gasteiger partial charge in [0.05, 0.1) is 12.7 Å². The number of aromatic nitrogens is 4. The lowest BCUT2D eigenvalue weighted by Crippen LogP contribution is -2.05. The summed E-state index contributed by atoms with van der Waals surface area (Å²) in [6.45, 7) is 0.611. The van der Waals surface area contributed by atoms with Crippen molar-refractivity contribution in [3.05, 3.63) is 36.5 Å². The normalized spacial score (nSPS) is 10.2. The number of nitrogen functional groups attached to an aromatic ring is 1. The molecule has 0 spiro atoms. The summed E-state index contributed by atoms with van der Waals surface area (Å²) in [5.74, 6) is 0.642. The van der Waals surface area contributed by atoms with E-state index in [4.69, 9.17) is 5.73 Å². The third-order valence-electron chi connectivity index (χ3n) is 1.70. The number of anilines is 1. The van der Waals surface area contributed by atoms with Crippen LogP contribution in [0.2, 0.25) is 0 Å². The predicted molar refractivity (Wildman–Crippen MR) is 47.8 cm³/mol. The lowest BCUT2D eigenvalue weighted by atomic mass is 10.3. The molecule has 0 aromatic carbocycles. The minimum Gasteiger partial charge on any atom is -0.384 e. The summed E-state index contributed by atoms with van der Waals surface area (Å²) in [6.07, 6.45) is 6.65. The van der Waals surface area contributed by atoms with Crippen LogP contribution >= 0.6 is 0 Å². The molecule has 0 unspecified atom stereocenters. The van der Waals surface area contributed by atoms with Crippen LogP contribution in [0.3, 0.4) is 0 Å². The van der Waals surface area contributed by atoms with Gasteiger partial charge in [-0.2, -0.15) is 5.10 Å². The van der Waals surface area contributed by atoms with Gasteiger partial charge in [0, 0.05) is 18.0 Å². The first-order valence-electron chi connectivity index (χ1n) is 3.87. The van der Waals surface area contributed by atoms with Gasteiger partial charge in [-0.05, 0) is 6.07 Å². The molecule has 0 bridgehead atoms. The Labute approximate surface area is 75.2 Å². The Morgan fingerprint density at radius 2 is 2.08 bits per heavy atom. The van der Waals surface area contributed by atoms with Gasteiger partial charge in [0.25, 0.3) is 0 Å². The lowest BCUT2D eigenvalue weighted by molar-refractivity contribution is 0.692. The summed E-state index contributed by atoms with van der Waals surface area (Å²) in [7, 11) is 0. The Morgan fingerprint density at radius 3 is 2.69 bits per heavy atom. The van der Waals surface area contributed by atoms with Crippen LogP contribution in [0.25, 0.3) is 0 Å². The van der Waals surface area contributed by atoms with Gasteiger partial charge in [-0.1, -0.05) is 0 Å². The van der Waals surface area contributed by atoms with Crippen LogP contribution in [0.5, 0.6) is 0 Å². The molecule has 66 valence electrons. The van der Waals surface area contributed by atoms with Crippen molar-refractivity contribution < 1.29 is 0 Å². The number of nitrogens with zero attached hydrogens (tertiary/aromatic N) is 4. The average Bonchev–Trinajstić information content (AvgIpc) is 2.54. The van der Waals surface area contributed by atoms with Crippen molar-refractivity contribution in [3.63, 3.8) is 0 Å². The van der Waals surface area contributed by atoms with E-state index in [1.165, 1.54) is 6.33 Å². The minimum atomic E-state index is 0.611. The number of rotatable bonds is 2. The Balaban J connectivity index is 2.20. The van der Waals surface area contributed by atoms with E-state index < -0.39 is 0 Å². The molecule has 5 nitrogen and oxygen atoms in total. The molecule has 0 aliphatic carbocycles. The summed E-state index contributed by atoms with van der Waals surface area (Å²) >= 11 is 0. The Bertz CT molecular complexity index is 380. The van der Waals surface area contributed by atoms with Crippen LogP contribution in [0.4, 0.5) is 5.82 Å². The van der Waals surface area contributed by atoms with Crippen LogP contribution in [-0.4, -0.2) is 19.7 Å². The summed E-state index contributed by atoms with van der Waals surface area (Å²) in [6, 6.07) is 1.75. The van der Waals surface area contributed by atoms with E-state index >= 15 is 0 Å². The standard InChI is InChI=1S/C8H9N5/c9-8-1-2-12-13(8)5-7-3-10-6-11-4-7/h1-4,6H,5,9H2. The third-order valence-corrected chi connectivity index (χ3v) is 1.70. The van der Waals surface area contributed by atoms with Gasteiger partial charge in [-0.15, -0.1) is 0 Å². The van der Waals surface area contributed by atoms with Gasteiger partial charge in [0.2, 0.25) is 0 Å². The maximum Gasteiger partial charge on any atom is 0.122 e. The SMILES string of the molecule is Nc1ccnn1Cc1cncnc1. The lowest BCUT2D eigenvalue weighted by Gasteiger charge is -2.02. The smallest absolute Gasteiger partial charge is 0.122 e. The molecule has 0 saturated heterocycles. The third kappa shape index (κ3) is 1.64. The molecule has 2 heterocycles. The number of hydrogen-bond donors (Lipinski definition) is 1. The maximum atomic E-state index is 5.65. The van der Waals surface area contributed by atoms with Gasteiger partial charge in [-0.25, -0.2) is 14.6 Å². The van der Waals surface area contributed by atoms with E-state index in [0.717, 1.165) is 5.56 Å². The van der Waals surface area contributed by atoms with Crippen LogP contribution in [0, 0.1) is 0 Å². The second-order valence-electron chi connectivity index (χ2n) is 2.66. The highest BCUT2D eigenvalue weighted by molar-refractivity contribution is 5.27. The highest BCUT2D eigenvalue weighted by Gasteiger charge is 1.98. The van der Waals surface area contributed by atoms with E-state index in [-0.39, 0.29) is 0 Å². The Morgan fingerprint density at radius 1 is 1.31 bits per heavy atom. The minimum absolute atomic E-state index is 0.611. The highest BCUT2D eigenvalue weighted by atomic mass is 15.3. The monoisotopic (exact) mass is 175 g/mol.